The number of hydrogen-bond donors (Lipinski definition) is 1. The number of carbonyl (C=O) groups excluding carboxylic acids is 1. The van der Waals surface area contributed by atoms with E-state index in [0.29, 0.717) is 42.1 Å². The van der Waals surface area contributed by atoms with Crippen LogP contribution in [0.1, 0.15) is 11.8 Å². The predicted molar refractivity (Wildman–Crippen MR) is 112 cm³/mol. The molecule has 1 aromatic carbocycles. The predicted octanol–water partition coefficient (Wildman–Crippen LogP) is 3.16. The van der Waals surface area contributed by atoms with Crippen LogP contribution < -0.4 is 10.1 Å². The molecular weight excluding hydrogens is 459 g/mol. The van der Waals surface area contributed by atoms with Crippen molar-refractivity contribution in [3.05, 3.63) is 45.3 Å². The van der Waals surface area contributed by atoms with Gasteiger partial charge < -0.3 is 14.8 Å². The van der Waals surface area contributed by atoms with Crippen LogP contribution in [-0.4, -0.2) is 51.0 Å². The number of thiophene rings is 1. The molecule has 7 nitrogen and oxygen atoms in total. The lowest BCUT2D eigenvalue weighted by Gasteiger charge is -2.25. The Bertz CT molecular complexity index is 974. The molecule has 1 atom stereocenters. The number of carbonyl (C=O) groups is 1. The maximum absolute atomic E-state index is 12.7. The molecule has 2 aromatic rings. The maximum atomic E-state index is 12.7. The molecule has 0 radical (unpaired) electrons. The second kappa shape index (κ2) is 9.63. The fourth-order valence-electron chi connectivity index (χ4n) is 2.64. The Hall–Kier alpha value is -1.36. The lowest BCUT2D eigenvalue weighted by molar-refractivity contribution is -0.127. The number of nitrogens with zero attached hydrogens (tertiary/aromatic N) is 1. The lowest BCUT2D eigenvalue weighted by Crippen LogP contribution is -2.40. The van der Waals surface area contributed by atoms with E-state index in [-0.39, 0.29) is 16.7 Å². The van der Waals surface area contributed by atoms with Crippen LogP contribution in [0.4, 0.5) is 0 Å². The summed E-state index contributed by atoms with van der Waals surface area (Å²) >= 11 is 13.0. The van der Waals surface area contributed by atoms with Crippen molar-refractivity contribution >= 4 is 50.5 Å². The summed E-state index contributed by atoms with van der Waals surface area (Å²) in [7, 11) is -3.54. The van der Waals surface area contributed by atoms with Crippen LogP contribution in [0, 0.1) is 0 Å². The third-order valence-corrected chi connectivity index (χ3v) is 8.19. The van der Waals surface area contributed by atoms with Crippen molar-refractivity contribution in [3.8, 4) is 5.75 Å². The van der Waals surface area contributed by atoms with E-state index in [1.807, 2.05) is 0 Å². The van der Waals surface area contributed by atoms with Gasteiger partial charge in [0.15, 0.2) is 6.10 Å². The molecule has 1 N–H and O–H groups in total. The highest BCUT2D eigenvalue weighted by molar-refractivity contribution is 7.91. The summed E-state index contributed by atoms with van der Waals surface area (Å²) in [5.41, 5.74) is 0. The number of ether oxygens (including phenoxy) is 2. The first-order chi connectivity index (χ1) is 13.8. The van der Waals surface area contributed by atoms with E-state index in [2.05, 4.69) is 5.32 Å². The summed E-state index contributed by atoms with van der Waals surface area (Å²) in [5, 5.41) is 3.53. The molecule has 0 saturated carbocycles. The molecule has 2 heterocycles. The zero-order chi connectivity index (χ0) is 21.0. The fourth-order valence-corrected chi connectivity index (χ4v) is 5.95. The van der Waals surface area contributed by atoms with Gasteiger partial charge in [-0.1, -0.05) is 23.2 Å². The minimum atomic E-state index is -3.54. The Labute approximate surface area is 183 Å². The monoisotopic (exact) mass is 478 g/mol. The molecule has 0 bridgehead atoms. The topological polar surface area (TPSA) is 84.9 Å². The highest BCUT2D eigenvalue weighted by Crippen LogP contribution is 2.28. The number of halogens is 2. The zero-order valence-corrected chi connectivity index (χ0v) is 18.7. The number of nitrogens with one attached hydrogen (secondary N) is 1. The number of amides is 1. The zero-order valence-electron chi connectivity index (χ0n) is 15.6. The Morgan fingerprint density at radius 2 is 2.00 bits per heavy atom. The smallest absolute Gasteiger partial charge is 0.261 e. The van der Waals surface area contributed by atoms with E-state index in [9.17, 15) is 13.2 Å². The molecule has 1 aliphatic heterocycles. The van der Waals surface area contributed by atoms with Gasteiger partial charge in [-0.15, -0.1) is 11.3 Å². The summed E-state index contributed by atoms with van der Waals surface area (Å²) in [4.78, 5) is 13.0. The molecule has 1 aromatic heterocycles. The number of benzene rings is 1. The Kier molecular flexibility index (Phi) is 7.42. The molecule has 0 spiro atoms. The normalized spacial score (nSPS) is 16.4. The van der Waals surface area contributed by atoms with Crippen molar-refractivity contribution < 1.29 is 22.7 Å². The summed E-state index contributed by atoms with van der Waals surface area (Å²) < 4.78 is 37.8. The molecule has 1 fully saturated rings. The van der Waals surface area contributed by atoms with E-state index in [4.69, 9.17) is 32.7 Å². The first kappa shape index (κ1) is 22.3. The van der Waals surface area contributed by atoms with Crippen LogP contribution in [0.25, 0.3) is 0 Å². The molecule has 3 rings (SSSR count). The Morgan fingerprint density at radius 1 is 1.28 bits per heavy atom. The molecule has 0 aliphatic carbocycles. The van der Waals surface area contributed by atoms with Crippen LogP contribution in [0.2, 0.25) is 10.0 Å². The van der Waals surface area contributed by atoms with Crippen LogP contribution in [-0.2, 0) is 26.1 Å². The summed E-state index contributed by atoms with van der Waals surface area (Å²) in [6.07, 6.45) is -0.787. The Morgan fingerprint density at radius 3 is 2.69 bits per heavy atom. The molecule has 1 saturated heterocycles. The van der Waals surface area contributed by atoms with Crippen LogP contribution in [0.3, 0.4) is 0 Å². The van der Waals surface area contributed by atoms with Gasteiger partial charge in [-0.2, -0.15) is 4.31 Å². The van der Waals surface area contributed by atoms with Crippen molar-refractivity contribution in [2.75, 3.05) is 26.3 Å². The summed E-state index contributed by atoms with van der Waals surface area (Å²) in [5.74, 6) is 0.00994. The van der Waals surface area contributed by atoms with Gasteiger partial charge in [0.2, 0.25) is 0 Å². The quantitative estimate of drug-likeness (QED) is 0.660. The summed E-state index contributed by atoms with van der Waals surface area (Å²) in [6, 6.07) is 8.00. The minimum absolute atomic E-state index is 0.199. The molecule has 1 aliphatic rings. The Balaban J connectivity index is 1.56. The van der Waals surface area contributed by atoms with E-state index in [0.717, 1.165) is 16.2 Å². The number of morpholine rings is 1. The van der Waals surface area contributed by atoms with Gasteiger partial charge in [0.1, 0.15) is 9.96 Å². The molecule has 29 heavy (non-hydrogen) atoms. The van der Waals surface area contributed by atoms with E-state index >= 15 is 0 Å². The highest BCUT2D eigenvalue weighted by Gasteiger charge is 2.27. The largest absolute Gasteiger partial charge is 0.479 e. The van der Waals surface area contributed by atoms with Crippen LogP contribution >= 0.6 is 34.5 Å². The van der Waals surface area contributed by atoms with Gasteiger partial charge in [0.05, 0.1) is 24.8 Å². The molecule has 11 heteroatoms. The van der Waals surface area contributed by atoms with Gasteiger partial charge in [0.25, 0.3) is 15.9 Å². The van der Waals surface area contributed by atoms with Gasteiger partial charge >= 0.3 is 0 Å². The second-order valence-electron chi connectivity index (χ2n) is 6.29. The fraction of sp³-hybridized carbons (Fsp3) is 0.389. The van der Waals surface area contributed by atoms with Crippen molar-refractivity contribution in [2.45, 2.75) is 23.8 Å². The summed E-state index contributed by atoms with van der Waals surface area (Å²) in [6.45, 7) is 3.27. The van der Waals surface area contributed by atoms with E-state index < -0.39 is 16.1 Å². The maximum Gasteiger partial charge on any atom is 0.261 e. The number of hydrogen-bond acceptors (Lipinski definition) is 6. The average molecular weight is 479 g/mol. The van der Waals surface area contributed by atoms with Gasteiger partial charge in [0, 0.05) is 23.0 Å². The van der Waals surface area contributed by atoms with Gasteiger partial charge in [-0.3, -0.25) is 4.79 Å². The van der Waals surface area contributed by atoms with Crippen LogP contribution in [0.5, 0.6) is 5.75 Å². The minimum Gasteiger partial charge on any atom is -0.479 e. The molecule has 1 amide bonds. The van der Waals surface area contributed by atoms with Crippen molar-refractivity contribution in [3.63, 3.8) is 0 Å². The van der Waals surface area contributed by atoms with E-state index in [1.165, 1.54) is 10.4 Å². The van der Waals surface area contributed by atoms with Crippen LogP contribution in [0.15, 0.2) is 34.5 Å². The first-order valence-corrected chi connectivity index (χ1v) is 11.8. The third kappa shape index (κ3) is 5.62. The SMILES string of the molecule is C[C@@H](Oc1ccc(Cl)cc1Cl)C(=O)NCc1ccc(S(=O)(=O)N2CCOCC2)s1. The van der Waals surface area contributed by atoms with E-state index in [1.54, 1.807) is 31.2 Å². The lowest BCUT2D eigenvalue weighted by atomic mass is 10.3. The third-order valence-electron chi connectivity index (χ3n) is 4.20. The molecule has 0 unspecified atom stereocenters. The van der Waals surface area contributed by atoms with Gasteiger partial charge in [-0.05, 0) is 37.3 Å². The van der Waals surface area contributed by atoms with Crippen molar-refractivity contribution in [2.24, 2.45) is 0 Å². The molecular formula is C18H20Cl2N2O5S2. The van der Waals surface area contributed by atoms with Crippen molar-refractivity contribution in [1.82, 2.24) is 9.62 Å². The highest BCUT2D eigenvalue weighted by atomic mass is 35.5. The number of rotatable bonds is 7. The number of sulfonamides is 1. The first-order valence-electron chi connectivity index (χ1n) is 8.83. The van der Waals surface area contributed by atoms with Gasteiger partial charge in [-0.25, -0.2) is 8.42 Å². The molecule has 158 valence electrons. The standard InChI is InChI=1S/C18H20Cl2N2O5S2/c1-12(27-16-4-2-13(19)10-15(16)20)18(23)21-11-14-3-5-17(28-14)29(24,25)22-6-8-26-9-7-22/h2-5,10,12H,6-9,11H2,1H3,(H,21,23)/t12-/m1/s1. The van der Waals surface area contributed by atoms with Crippen molar-refractivity contribution in [1.29, 1.82) is 0 Å². The second-order valence-corrected chi connectivity index (χ2v) is 10.5. The average Bonchev–Trinajstić information content (AvgIpc) is 3.19.